The van der Waals surface area contributed by atoms with Gasteiger partial charge in [-0.25, -0.2) is 4.79 Å². The van der Waals surface area contributed by atoms with Gasteiger partial charge in [-0.15, -0.1) is 0 Å². The molecule has 0 radical (unpaired) electrons. The second-order valence-corrected chi connectivity index (χ2v) is 6.03. The maximum Gasteiger partial charge on any atom is 0.338 e. The van der Waals surface area contributed by atoms with Gasteiger partial charge in [-0.1, -0.05) is 19.1 Å². The summed E-state index contributed by atoms with van der Waals surface area (Å²) in [6.07, 6.45) is 0.346. The van der Waals surface area contributed by atoms with E-state index < -0.39 is 33.3 Å². The van der Waals surface area contributed by atoms with Gasteiger partial charge in [0, 0.05) is 17.8 Å². The maximum atomic E-state index is 12.1. The Labute approximate surface area is 155 Å². The number of nitrogens with zero attached hydrogens (tertiary/aromatic N) is 2. The lowest BCUT2D eigenvalue weighted by atomic mass is 10.1. The van der Waals surface area contributed by atoms with Crippen LogP contribution in [0.5, 0.6) is 0 Å². The second-order valence-electron chi connectivity index (χ2n) is 6.03. The summed E-state index contributed by atoms with van der Waals surface area (Å²) < 4.78 is 4.98. The van der Waals surface area contributed by atoms with Crippen molar-refractivity contribution in [2.75, 3.05) is 5.32 Å². The van der Waals surface area contributed by atoms with E-state index in [1.807, 2.05) is 19.1 Å². The molecule has 0 saturated carbocycles. The highest BCUT2D eigenvalue weighted by atomic mass is 16.6. The highest BCUT2D eigenvalue weighted by Crippen LogP contribution is 2.38. The monoisotopic (exact) mass is 373 g/mol. The highest BCUT2D eigenvalue weighted by molar-refractivity contribution is 5.94. The predicted octanol–water partition coefficient (Wildman–Crippen LogP) is 4.37. The second kappa shape index (κ2) is 8.26. The van der Waals surface area contributed by atoms with Gasteiger partial charge in [0.25, 0.3) is 0 Å². The molecule has 9 heteroatoms. The lowest BCUT2D eigenvalue weighted by molar-refractivity contribution is -0.392. The number of hydrogen-bond donors (Lipinski definition) is 1. The van der Waals surface area contributed by atoms with Gasteiger partial charge in [-0.2, -0.15) is 0 Å². The number of aryl methyl sites for hydroxylation is 1. The molecule has 2 rings (SSSR count). The highest BCUT2D eigenvalue weighted by Gasteiger charge is 2.29. The molecule has 0 spiro atoms. The van der Waals surface area contributed by atoms with E-state index in [-0.39, 0.29) is 11.3 Å². The van der Waals surface area contributed by atoms with Crippen molar-refractivity contribution in [2.24, 2.45) is 0 Å². The summed E-state index contributed by atoms with van der Waals surface area (Å²) in [7, 11) is 0. The molecule has 1 N–H and O–H groups in total. The molecule has 0 aliphatic rings. The Hall–Kier alpha value is -3.49. The Balaban J connectivity index is 2.55. The molecule has 0 aromatic heterocycles. The number of carbonyl (C=O) groups excluding carboxylic acids is 1. The summed E-state index contributed by atoms with van der Waals surface area (Å²) in [6.45, 7) is 5.19. The Morgan fingerprint density at radius 2 is 1.59 bits per heavy atom. The zero-order valence-electron chi connectivity index (χ0n) is 15.1. The first kappa shape index (κ1) is 19.8. The van der Waals surface area contributed by atoms with Crippen LogP contribution in [0.3, 0.4) is 0 Å². The summed E-state index contributed by atoms with van der Waals surface area (Å²) in [6, 6.07) is 8.92. The van der Waals surface area contributed by atoms with Crippen LogP contribution < -0.4 is 5.32 Å². The lowest BCUT2D eigenvalue weighted by Gasteiger charge is -2.11. The van der Waals surface area contributed by atoms with E-state index in [0.29, 0.717) is 5.69 Å². The number of ether oxygens (including phenoxy) is 1. The summed E-state index contributed by atoms with van der Waals surface area (Å²) >= 11 is 0. The van der Waals surface area contributed by atoms with Gasteiger partial charge >= 0.3 is 17.3 Å². The number of nitrogens with one attached hydrogen (secondary N) is 1. The normalized spacial score (nSPS) is 10.5. The first-order valence-corrected chi connectivity index (χ1v) is 8.26. The van der Waals surface area contributed by atoms with Crippen molar-refractivity contribution in [3.05, 3.63) is 67.8 Å². The molecule has 0 aliphatic heterocycles. The quantitative estimate of drug-likeness (QED) is 0.434. The summed E-state index contributed by atoms with van der Waals surface area (Å²) in [5.41, 5.74) is -0.212. The molecule has 0 saturated heterocycles. The number of nitro benzene ring substituents is 2. The van der Waals surface area contributed by atoms with Crippen LogP contribution >= 0.6 is 0 Å². The molecule has 142 valence electrons. The van der Waals surface area contributed by atoms with Crippen molar-refractivity contribution in [3.8, 4) is 0 Å². The lowest BCUT2D eigenvalue weighted by Crippen LogP contribution is -2.13. The van der Waals surface area contributed by atoms with Crippen LogP contribution in [0.4, 0.5) is 22.7 Å². The third-order valence-electron chi connectivity index (χ3n) is 3.70. The fourth-order valence-corrected chi connectivity index (χ4v) is 2.40. The molecule has 0 aliphatic carbocycles. The van der Waals surface area contributed by atoms with Crippen molar-refractivity contribution in [1.29, 1.82) is 0 Å². The van der Waals surface area contributed by atoms with Crippen LogP contribution in [-0.4, -0.2) is 21.9 Å². The van der Waals surface area contributed by atoms with E-state index in [1.54, 1.807) is 26.0 Å². The Morgan fingerprint density at radius 1 is 1.07 bits per heavy atom. The standard InChI is InChI=1S/C18H19N3O6/c1-4-12-5-7-14(8-6-12)19-17-15(20(23)24)9-13(10-16(17)21(25)26)18(22)27-11(2)3/h5-11,19H,4H2,1-3H3. The van der Waals surface area contributed by atoms with E-state index in [4.69, 9.17) is 4.74 Å². The molecule has 0 bridgehead atoms. The Bertz CT molecular complexity index is 842. The largest absolute Gasteiger partial charge is 0.459 e. The summed E-state index contributed by atoms with van der Waals surface area (Å²) in [5, 5.41) is 25.7. The number of hydrogen-bond acceptors (Lipinski definition) is 7. The van der Waals surface area contributed by atoms with Gasteiger partial charge < -0.3 is 10.1 Å². The van der Waals surface area contributed by atoms with E-state index >= 15 is 0 Å². The number of anilines is 2. The molecular formula is C18H19N3O6. The van der Waals surface area contributed by atoms with Crippen LogP contribution in [0.1, 0.15) is 36.7 Å². The van der Waals surface area contributed by atoms with E-state index in [9.17, 15) is 25.0 Å². The maximum absolute atomic E-state index is 12.1. The molecule has 2 aromatic carbocycles. The van der Waals surface area contributed by atoms with Crippen LogP contribution in [0, 0.1) is 20.2 Å². The van der Waals surface area contributed by atoms with Crippen molar-refractivity contribution in [2.45, 2.75) is 33.3 Å². The molecule has 0 unspecified atom stereocenters. The zero-order valence-corrected chi connectivity index (χ0v) is 15.1. The first-order chi connectivity index (χ1) is 12.7. The van der Waals surface area contributed by atoms with Crippen molar-refractivity contribution in [3.63, 3.8) is 0 Å². The number of esters is 1. The smallest absolute Gasteiger partial charge is 0.338 e. The average Bonchev–Trinajstić information content (AvgIpc) is 2.61. The minimum atomic E-state index is -0.866. The van der Waals surface area contributed by atoms with E-state index in [0.717, 1.165) is 24.1 Å². The fraction of sp³-hybridized carbons (Fsp3) is 0.278. The van der Waals surface area contributed by atoms with Gasteiger partial charge in [0.2, 0.25) is 0 Å². The molecule has 27 heavy (non-hydrogen) atoms. The number of rotatable bonds is 7. The molecule has 0 atom stereocenters. The first-order valence-electron chi connectivity index (χ1n) is 8.26. The molecule has 0 heterocycles. The predicted molar refractivity (Wildman–Crippen MR) is 99.4 cm³/mol. The topological polar surface area (TPSA) is 125 Å². The Kier molecular flexibility index (Phi) is 6.07. The van der Waals surface area contributed by atoms with Crippen LogP contribution in [0.2, 0.25) is 0 Å². The average molecular weight is 373 g/mol. The van der Waals surface area contributed by atoms with Crippen LogP contribution in [0.15, 0.2) is 36.4 Å². The minimum absolute atomic E-state index is 0.256. The van der Waals surface area contributed by atoms with Gasteiger partial charge in [0.1, 0.15) is 0 Å². The fourth-order valence-electron chi connectivity index (χ4n) is 2.40. The van der Waals surface area contributed by atoms with Gasteiger partial charge in [-0.3, -0.25) is 20.2 Å². The minimum Gasteiger partial charge on any atom is -0.459 e. The number of nitro groups is 2. The molecule has 2 aromatic rings. The van der Waals surface area contributed by atoms with E-state index in [1.165, 1.54) is 0 Å². The van der Waals surface area contributed by atoms with Gasteiger partial charge in [0.05, 0.1) is 21.5 Å². The van der Waals surface area contributed by atoms with Crippen molar-refractivity contribution in [1.82, 2.24) is 0 Å². The molecule has 0 fully saturated rings. The van der Waals surface area contributed by atoms with Crippen LogP contribution in [0.25, 0.3) is 0 Å². The Morgan fingerprint density at radius 3 is 2.00 bits per heavy atom. The zero-order chi connectivity index (χ0) is 20.1. The SMILES string of the molecule is CCc1ccc(Nc2c([N+](=O)[O-])cc(C(=O)OC(C)C)cc2[N+](=O)[O-])cc1. The van der Waals surface area contributed by atoms with Crippen LogP contribution in [-0.2, 0) is 11.2 Å². The van der Waals surface area contributed by atoms with Crippen molar-refractivity contribution < 1.29 is 19.4 Å². The third-order valence-corrected chi connectivity index (χ3v) is 3.70. The van der Waals surface area contributed by atoms with Gasteiger partial charge in [0.15, 0.2) is 5.69 Å². The summed E-state index contributed by atoms with van der Waals surface area (Å²) in [4.78, 5) is 33.5. The summed E-state index contributed by atoms with van der Waals surface area (Å²) in [5.74, 6) is -0.866. The van der Waals surface area contributed by atoms with Crippen molar-refractivity contribution >= 4 is 28.7 Å². The molecule has 0 amide bonds. The molecule has 9 nitrogen and oxygen atoms in total. The van der Waals surface area contributed by atoms with E-state index in [2.05, 4.69) is 5.32 Å². The molecular weight excluding hydrogens is 354 g/mol. The van der Waals surface area contributed by atoms with Gasteiger partial charge in [-0.05, 0) is 38.0 Å². The third kappa shape index (κ3) is 4.78. The number of benzene rings is 2. The number of carbonyl (C=O) groups is 1.